The largest absolute Gasteiger partial charge is 0.497 e. The molecule has 0 bridgehead atoms. The van der Waals surface area contributed by atoms with Crippen LogP contribution in [0.5, 0.6) is 5.75 Å². The maximum absolute atomic E-state index is 11.5. The molecule has 0 aliphatic heterocycles. The highest BCUT2D eigenvalue weighted by Gasteiger charge is 2.13. The first-order valence-corrected chi connectivity index (χ1v) is 6.64. The normalized spacial score (nSPS) is 11.7. The molecule has 0 aliphatic carbocycles. The highest BCUT2D eigenvalue weighted by molar-refractivity contribution is 5.77. The van der Waals surface area contributed by atoms with Crippen LogP contribution in [0.3, 0.4) is 0 Å². The van der Waals surface area contributed by atoms with E-state index in [0.717, 1.165) is 17.0 Å². The Bertz CT molecular complexity index is 549. The highest BCUT2D eigenvalue weighted by atomic mass is 16.5. The van der Waals surface area contributed by atoms with E-state index in [9.17, 15) is 4.79 Å². The van der Waals surface area contributed by atoms with E-state index >= 15 is 0 Å². The summed E-state index contributed by atoms with van der Waals surface area (Å²) in [7, 11) is 1.64. The van der Waals surface area contributed by atoms with Gasteiger partial charge in [-0.25, -0.2) is 0 Å². The van der Waals surface area contributed by atoms with Crippen molar-refractivity contribution in [2.24, 2.45) is 0 Å². The molecule has 0 saturated heterocycles. The second-order valence-corrected chi connectivity index (χ2v) is 4.74. The molecule has 0 spiro atoms. The number of rotatable bonds is 6. The van der Waals surface area contributed by atoms with Crippen molar-refractivity contribution in [3.8, 4) is 5.75 Å². The molecule has 1 unspecified atom stereocenters. The number of ketones is 1. The van der Waals surface area contributed by atoms with Crippen LogP contribution in [0.2, 0.25) is 0 Å². The number of benzene rings is 2. The maximum atomic E-state index is 11.5. The first-order chi connectivity index (χ1) is 9.69. The average Bonchev–Trinajstić information content (AvgIpc) is 2.47. The molecular formula is C17H19NO2. The standard InChI is InChI=1S/C17H19NO2/c1-13(19)12-17(18-15-6-4-3-5-7-15)14-8-10-16(20-2)11-9-14/h3-11,17-18H,12H2,1-2H3. The number of carbonyl (C=O) groups excluding carboxylic acids is 1. The molecule has 0 amide bonds. The van der Waals surface area contributed by atoms with Crippen LogP contribution in [0.25, 0.3) is 0 Å². The van der Waals surface area contributed by atoms with E-state index in [1.54, 1.807) is 14.0 Å². The van der Waals surface area contributed by atoms with Gasteiger partial charge >= 0.3 is 0 Å². The van der Waals surface area contributed by atoms with E-state index < -0.39 is 0 Å². The lowest BCUT2D eigenvalue weighted by Crippen LogP contribution is -2.14. The molecule has 104 valence electrons. The first-order valence-electron chi connectivity index (χ1n) is 6.64. The lowest BCUT2D eigenvalue weighted by atomic mass is 10.0. The van der Waals surface area contributed by atoms with Gasteiger partial charge in [0.15, 0.2) is 0 Å². The summed E-state index contributed by atoms with van der Waals surface area (Å²) in [5.74, 6) is 0.976. The Morgan fingerprint density at radius 2 is 1.75 bits per heavy atom. The first kappa shape index (κ1) is 14.1. The number of hydrogen-bond donors (Lipinski definition) is 1. The van der Waals surface area contributed by atoms with Crippen LogP contribution in [0, 0.1) is 0 Å². The summed E-state index contributed by atoms with van der Waals surface area (Å²) in [4.78, 5) is 11.5. The Balaban J connectivity index is 2.19. The fourth-order valence-electron chi connectivity index (χ4n) is 2.11. The second kappa shape index (κ2) is 6.75. The molecular weight excluding hydrogens is 250 g/mol. The molecule has 3 heteroatoms. The Hall–Kier alpha value is -2.29. The lowest BCUT2D eigenvalue weighted by molar-refractivity contribution is -0.117. The molecule has 20 heavy (non-hydrogen) atoms. The van der Waals surface area contributed by atoms with Crippen LogP contribution in [-0.4, -0.2) is 12.9 Å². The van der Waals surface area contributed by atoms with E-state index in [0.29, 0.717) is 6.42 Å². The van der Waals surface area contributed by atoms with Gasteiger partial charge in [0.1, 0.15) is 11.5 Å². The Morgan fingerprint density at radius 1 is 1.10 bits per heavy atom. The van der Waals surface area contributed by atoms with Crippen molar-refractivity contribution < 1.29 is 9.53 Å². The van der Waals surface area contributed by atoms with Gasteiger partial charge in [-0.2, -0.15) is 0 Å². The van der Waals surface area contributed by atoms with Crippen molar-refractivity contribution in [3.63, 3.8) is 0 Å². The third-order valence-electron chi connectivity index (χ3n) is 3.12. The number of carbonyl (C=O) groups is 1. The van der Waals surface area contributed by atoms with Crippen molar-refractivity contribution in [2.75, 3.05) is 12.4 Å². The van der Waals surface area contributed by atoms with Crippen LogP contribution < -0.4 is 10.1 Å². The summed E-state index contributed by atoms with van der Waals surface area (Å²) in [6.07, 6.45) is 0.460. The molecule has 2 aromatic carbocycles. The van der Waals surface area contributed by atoms with Gasteiger partial charge < -0.3 is 10.1 Å². The summed E-state index contributed by atoms with van der Waals surface area (Å²) in [6, 6.07) is 17.7. The summed E-state index contributed by atoms with van der Waals surface area (Å²) in [5.41, 5.74) is 2.08. The van der Waals surface area contributed by atoms with Gasteiger partial charge in [-0.05, 0) is 36.8 Å². The highest BCUT2D eigenvalue weighted by Crippen LogP contribution is 2.24. The Kier molecular flexibility index (Phi) is 4.77. The SMILES string of the molecule is COc1ccc(C(CC(C)=O)Nc2ccccc2)cc1. The summed E-state index contributed by atoms with van der Waals surface area (Å²) < 4.78 is 5.16. The minimum absolute atomic E-state index is 0.0270. The smallest absolute Gasteiger partial charge is 0.132 e. The zero-order chi connectivity index (χ0) is 14.4. The topological polar surface area (TPSA) is 38.3 Å². The van der Waals surface area contributed by atoms with Crippen LogP contribution in [0.1, 0.15) is 24.9 Å². The van der Waals surface area contributed by atoms with E-state index in [2.05, 4.69) is 5.32 Å². The van der Waals surface area contributed by atoms with Crippen LogP contribution in [0.15, 0.2) is 54.6 Å². The average molecular weight is 269 g/mol. The number of hydrogen-bond acceptors (Lipinski definition) is 3. The number of ether oxygens (including phenoxy) is 1. The number of nitrogens with one attached hydrogen (secondary N) is 1. The van der Waals surface area contributed by atoms with Gasteiger partial charge in [0, 0.05) is 12.1 Å². The van der Waals surface area contributed by atoms with Gasteiger partial charge in [0.25, 0.3) is 0 Å². The van der Waals surface area contributed by atoms with Gasteiger partial charge in [0.2, 0.25) is 0 Å². The fraction of sp³-hybridized carbons (Fsp3) is 0.235. The van der Waals surface area contributed by atoms with E-state index in [-0.39, 0.29) is 11.8 Å². The predicted octanol–water partition coefficient (Wildman–Crippen LogP) is 3.83. The molecule has 2 aromatic rings. The monoisotopic (exact) mass is 269 g/mol. The Labute approximate surface area is 119 Å². The molecule has 0 fully saturated rings. The zero-order valence-corrected chi connectivity index (χ0v) is 11.8. The van der Waals surface area contributed by atoms with Crippen molar-refractivity contribution in [1.82, 2.24) is 0 Å². The Morgan fingerprint density at radius 3 is 2.30 bits per heavy atom. The zero-order valence-electron chi connectivity index (χ0n) is 11.8. The number of methoxy groups -OCH3 is 1. The van der Waals surface area contributed by atoms with Gasteiger partial charge in [-0.15, -0.1) is 0 Å². The molecule has 0 aliphatic rings. The number of para-hydroxylation sites is 1. The molecule has 1 atom stereocenters. The van der Waals surface area contributed by atoms with E-state index in [4.69, 9.17) is 4.74 Å². The van der Waals surface area contributed by atoms with Crippen LogP contribution >= 0.6 is 0 Å². The van der Waals surface area contributed by atoms with Crippen molar-refractivity contribution in [2.45, 2.75) is 19.4 Å². The minimum atomic E-state index is -0.0270. The van der Waals surface area contributed by atoms with Gasteiger partial charge in [-0.1, -0.05) is 30.3 Å². The third kappa shape index (κ3) is 3.85. The molecule has 0 heterocycles. The van der Waals surface area contributed by atoms with Gasteiger partial charge in [-0.3, -0.25) is 4.79 Å². The predicted molar refractivity (Wildman–Crippen MR) is 81.1 cm³/mol. The second-order valence-electron chi connectivity index (χ2n) is 4.74. The molecule has 2 rings (SSSR count). The van der Waals surface area contributed by atoms with Gasteiger partial charge in [0.05, 0.1) is 13.2 Å². The van der Waals surface area contributed by atoms with Crippen LogP contribution in [0.4, 0.5) is 5.69 Å². The maximum Gasteiger partial charge on any atom is 0.132 e. The quantitative estimate of drug-likeness (QED) is 0.866. The van der Waals surface area contributed by atoms with Crippen molar-refractivity contribution in [1.29, 1.82) is 0 Å². The van der Waals surface area contributed by atoms with E-state index in [1.165, 1.54) is 0 Å². The lowest BCUT2D eigenvalue weighted by Gasteiger charge is -2.19. The minimum Gasteiger partial charge on any atom is -0.497 e. The molecule has 3 nitrogen and oxygen atoms in total. The summed E-state index contributed by atoms with van der Waals surface area (Å²) in [6.45, 7) is 1.61. The fourth-order valence-corrected chi connectivity index (χ4v) is 2.11. The molecule has 1 N–H and O–H groups in total. The summed E-state index contributed by atoms with van der Waals surface area (Å²) in [5, 5.41) is 3.40. The molecule has 0 radical (unpaired) electrons. The third-order valence-corrected chi connectivity index (χ3v) is 3.12. The molecule has 0 saturated carbocycles. The number of anilines is 1. The summed E-state index contributed by atoms with van der Waals surface area (Å²) >= 11 is 0. The van der Waals surface area contributed by atoms with Crippen LogP contribution in [-0.2, 0) is 4.79 Å². The molecule has 0 aromatic heterocycles. The number of Topliss-reactive ketones (excluding diaryl/α,β-unsaturated/α-hetero) is 1. The van der Waals surface area contributed by atoms with Crippen molar-refractivity contribution in [3.05, 3.63) is 60.2 Å². The van der Waals surface area contributed by atoms with E-state index in [1.807, 2.05) is 54.6 Å². The van der Waals surface area contributed by atoms with Crippen molar-refractivity contribution >= 4 is 11.5 Å².